The van der Waals surface area contributed by atoms with E-state index < -0.39 is 0 Å². The number of benzene rings is 1. The highest BCUT2D eigenvalue weighted by Crippen LogP contribution is 2.19. The van der Waals surface area contributed by atoms with Crippen LogP contribution in [0.2, 0.25) is 0 Å². The molecular weight excluding hydrogens is 250 g/mol. The van der Waals surface area contributed by atoms with Crippen LogP contribution >= 0.6 is 11.8 Å². The molecule has 0 saturated heterocycles. The van der Waals surface area contributed by atoms with Gasteiger partial charge in [0.2, 0.25) is 0 Å². The Labute approximate surface area is 112 Å². The molecule has 100 valence electrons. The van der Waals surface area contributed by atoms with Crippen molar-refractivity contribution >= 4 is 23.4 Å². The van der Waals surface area contributed by atoms with E-state index in [1.165, 1.54) is 7.11 Å². The lowest BCUT2D eigenvalue weighted by molar-refractivity contribution is 0.0506. The summed E-state index contributed by atoms with van der Waals surface area (Å²) in [6.45, 7) is 2.54. The number of rotatable bonds is 7. The highest BCUT2D eigenvalue weighted by Gasteiger charge is 2.09. The molecule has 2 N–H and O–H groups in total. The summed E-state index contributed by atoms with van der Waals surface area (Å²) in [5.41, 5.74) is 6.59. The minimum atomic E-state index is -0.359. The highest BCUT2D eigenvalue weighted by atomic mass is 32.2. The lowest BCUT2D eigenvalue weighted by Gasteiger charge is -2.07. The van der Waals surface area contributed by atoms with E-state index >= 15 is 0 Å². The van der Waals surface area contributed by atoms with Gasteiger partial charge in [0.1, 0.15) is 5.75 Å². The van der Waals surface area contributed by atoms with Gasteiger partial charge < -0.3 is 15.2 Å². The van der Waals surface area contributed by atoms with Gasteiger partial charge in [-0.05, 0) is 30.1 Å². The fourth-order valence-electron chi connectivity index (χ4n) is 1.41. The molecule has 0 spiro atoms. The van der Waals surface area contributed by atoms with Crippen LogP contribution in [0.15, 0.2) is 18.2 Å². The Kier molecular flexibility index (Phi) is 6.43. The second-order valence-corrected chi connectivity index (χ2v) is 5.08. The van der Waals surface area contributed by atoms with Gasteiger partial charge in [0.05, 0.1) is 19.3 Å². The quantitative estimate of drug-likeness (QED) is 0.468. The van der Waals surface area contributed by atoms with Crippen molar-refractivity contribution in [1.29, 1.82) is 0 Å². The molecule has 0 bridgehead atoms. The molecule has 5 heteroatoms. The van der Waals surface area contributed by atoms with Crippen molar-refractivity contribution in [2.45, 2.75) is 13.3 Å². The number of nitrogen functional groups attached to an aromatic ring is 1. The molecule has 1 rings (SSSR count). The first-order chi connectivity index (χ1) is 8.67. The number of ether oxygens (including phenoxy) is 2. The molecule has 0 aromatic heterocycles. The van der Waals surface area contributed by atoms with Gasteiger partial charge in [0, 0.05) is 11.8 Å². The first-order valence-electron chi connectivity index (χ1n) is 5.86. The van der Waals surface area contributed by atoms with Crippen molar-refractivity contribution in [2.75, 3.05) is 31.0 Å². The smallest absolute Gasteiger partial charge is 0.338 e. The van der Waals surface area contributed by atoms with Crippen LogP contribution in [0.1, 0.15) is 23.7 Å². The standard InChI is InChI=1S/C13H19NO3S/c1-3-18-6-4-5-17-13(15)10-7-11(14)9-12(8-10)16-2/h7-9H,3-6,14H2,1-2H3. The van der Waals surface area contributed by atoms with Gasteiger partial charge in [-0.25, -0.2) is 4.79 Å². The summed E-state index contributed by atoms with van der Waals surface area (Å²) < 4.78 is 10.2. The number of esters is 1. The molecule has 18 heavy (non-hydrogen) atoms. The van der Waals surface area contributed by atoms with Crippen LogP contribution < -0.4 is 10.5 Å². The third kappa shape index (κ3) is 4.87. The Hall–Kier alpha value is -1.36. The topological polar surface area (TPSA) is 61.5 Å². The molecule has 0 amide bonds. The lowest BCUT2D eigenvalue weighted by atomic mass is 10.2. The number of carbonyl (C=O) groups excluding carboxylic acids is 1. The summed E-state index contributed by atoms with van der Waals surface area (Å²) in [6, 6.07) is 4.87. The second kappa shape index (κ2) is 7.87. The van der Waals surface area contributed by atoms with Gasteiger partial charge in [0.25, 0.3) is 0 Å². The maximum atomic E-state index is 11.8. The second-order valence-electron chi connectivity index (χ2n) is 3.68. The van der Waals surface area contributed by atoms with Crippen LogP contribution in [0.25, 0.3) is 0 Å². The minimum Gasteiger partial charge on any atom is -0.497 e. The summed E-state index contributed by atoms with van der Waals surface area (Å²) in [5.74, 6) is 2.29. The van der Waals surface area contributed by atoms with Gasteiger partial charge in [-0.2, -0.15) is 11.8 Å². The third-order valence-corrected chi connectivity index (χ3v) is 3.26. The Morgan fingerprint density at radius 1 is 1.39 bits per heavy atom. The van der Waals surface area contributed by atoms with Crippen LogP contribution in [0, 0.1) is 0 Å². The van der Waals surface area contributed by atoms with Gasteiger partial charge >= 0.3 is 5.97 Å². The Bertz CT molecular complexity index is 396. The van der Waals surface area contributed by atoms with Crippen molar-refractivity contribution < 1.29 is 14.3 Å². The average Bonchev–Trinajstić information content (AvgIpc) is 2.37. The van der Waals surface area contributed by atoms with Crippen molar-refractivity contribution in [1.82, 2.24) is 0 Å². The molecule has 0 aliphatic heterocycles. The van der Waals surface area contributed by atoms with E-state index in [0.717, 1.165) is 17.9 Å². The van der Waals surface area contributed by atoms with E-state index in [0.29, 0.717) is 23.6 Å². The van der Waals surface area contributed by atoms with Crippen molar-refractivity contribution in [3.8, 4) is 5.75 Å². The maximum absolute atomic E-state index is 11.8. The monoisotopic (exact) mass is 269 g/mol. The molecule has 1 aromatic carbocycles. The number of carbonyl (C=O) groups is 1. The molecule has 0 radical (unpaired) electrons. The number of thioether (sulfide) groups is 1. The number of methoxy groups -OCH3 is 1. The van der Waals surface area contributed by atoms with Crippen LogP contribution in [0.5, 0.6) is 5.75 Å². The van der Waals surface area contributed by atoms with E-state index in [1.54, 1.807) is 18.2 Å². The predicted octanol–water partition coefficient (Wildman–Crippen LogP) is 2.58. The van der Waals surface area contributed by atoms with Crippen LogP contribution in [-0.2, 0) is 4.74 Å². The molecule has 4 nitrogen and oxygen atoms in total. The fraction of sp³-hybridized carbons (Fsp3) is 0.462. The van der Waals surface area contributed by atoms with Crippen molar-refractivity contribution in [2.24, 2.45) is 0 Å². The number of hydrogen-bond donors (Lipinski definition) is 1. The summed E-state index contributed by atoms with van der Waals surface area (Å²) in [4.78, 5) is 11.8. The van der Waals surface area contributed by atoms with E-state index in [-0.39, 0.29) is 5.97 Å². The van der Waals surface area contributed by atoms with Gasteiger partial charge in [0.15, 0.2) is 0 Å². The fourth-order valence-corrected chi connectivity index (χ4v) is 2.02. The van der Waals surface area contributed by atoms with Crippen LogP contribution in [0.3, 0.4) is 0 Å². The number of anilines is 1. The SMILES string of the molecule is CCSCCCOC(=O)c1cc(N)cc(OC)c1. The molecule has 0 aliphatic rings. The average molecular weight is 269 g/mol. The van der Waals surface area contributed by atoms with E-state index in [4.69, 9.17) is 15.2 Å². The zero-order valence-electron chi connectivity index (χ0n) is 10.8. The third-order valence-electron chi connectivity index (χ3n) is 2.27. The van der Waals surface area contributed by atoms with Gasteiger partial charge in [-0.1, -0.05) is 6.92 Å². The van der Waals surface area contributed by atoms with Crippen molar-refractivity contribution in [3.05, 3.63) is 23.8 Å². The first-order valence-corrected chi connectivity index (χ1v) is 7.02. The number of nitrogens with two attached hydrogens (primary N) is 1. The molecule has 0 unspecified atom stereocenters. The van der Waals surface area contributed by atoms with Crippen LogP contribution in [-0.4, -0.2) is 31.2 Å². The molecule has 1 aromatic rings. The molecule has 0 atom stereocenters. The molecule has 0 saturated carbocycles. The highest BCUT2D eigenvalue weighted by molar-refractivity contribution is 7.99. The van der Waals surface area contributed by atoms with Gasteiger partial charge in [-0.15, -0.1) is 0 Å². The van der Waals surface area contributed by atoms with Gasteiger partial charge in [-0.3, -0.25) is 0 Å². The van der Waals surface area contributed by atoms with Crippen molar-refractivity contribution in [3.63, 3.8) is 0 Å². The molecule has 0 heterocycles. The lowest BCUT2D eigenvalue weighted by Crippen LogP contribution is -2.08. The zero-order valence-corrected chi connectivity index (χ0v) is 11.6. The predicted molar refractivity (Wildman–Crippen MR) is 75.3 cm³/mol. The van der Waals surface area contributed by atoms with E-state index in [1.807, 2.05) is 11.8 Å². The summed E-state index contributed by atoms with van der Waals surface area (Å²) in [7, 11) is 1.53. The Balaban J connectivity index is 2.48. The largest absolute Gasteiger partial charge is 0.497 e. The Morgan fingerprint density at radius 3 is 2.83 bits per heavy atom. The minimum absolute atomic E-state index is 0.359. The zero-order chi connectivity index (χ0) is 13.4. The first kappa shape index (κ1) is 14.7. The molecular formula is C13H19NO3S. The summed E-state index contributed by atoms with van der Waals surface area (Å²) in [5, 5.41) is 0. The van der Waals surface area contributed by atoms with E-state index in [9.17, 15) is 4.79 Å². The number of hydrogen-bond acceptors (Lipinski definition) is 5. The maximum Gasteiger partial charge on any atom is 0.338 e. The van der Waals surface area contributed by atoms with Crippen LogP contribution in [0.4, 0.5) is 5.69 Å². The molecule has 0 aliphatic carbocycles. The summed E-state index contributed by atoms with van der Waals surface area (Å²) in [6.07, 6.45) is 0.865. The molecule has 0 fully saturated rings. The normalized spacial score (nSPS) is 10.1. The summed E-state index contributed by atoms with van der Waals surface area (Å²) >= 11 is 1.83. The van der Waals surface area contributed by atoms with E-state index in [2.05, 4.69) is 6.92 Å². The Morgan fingerprint density at radius 2 is 2.17 bits per heavy atom.